The molecule has 1 heterocycles. The van der Waals surface area contributed by atoms with Crippen LogP contribution in [0.5, 0.6) is 0 Å². The summed E-state index contributed by atoms with van der Waals surface area (Å²) in [5.74, 6) is 0.603. The first-order valence-corrected chi connectivity index (χ1v) is 8.45. The second-order valence-electron chi connectivity index (χ2n) is 5.50. The zero-order valence-corrected chi connectivity index (χ0v) is 12.9. The van der Waals surface area contributed by atoms with Gasteiger partial charge in [0.05, 0.1) is 0 Å². The number of rotatable bonds is 7. The maximum atomic E-state index is 13.5. The number of hydrogen-bond donors (Lipinski definition) is 1. The normalized spacial score (nSPS) is 17.0. The summed E-state index contributed by atoms with van der Waals surface area (Å²) in [6.07, 6.45) is 3.25. The monoisotopic (exact) mass is 311 g/mol. The van der Waals surface area contributed by atoms with E-state index in [0.717, 1.165) is 44.6 Å². The molecule has 0 atom stereocenters. The van der Waals surface area contributed by atoms with Gasteiger partial charge in [0.15, 0.2) is 0 Å². The maximum Gasteiger partial charge on any atom is 0.303 e. The molecule has 3 nitrogen and oxygen atoms in total. The first kappa shape index (κ1) is 16.3. The molecule has 0 aliphatic carbocycles. The van der Waals surface area contributed by atoms with Crippen molar-refractivity contribution in [2.24, 2.45) is 5.92 Å². The highest BCUT2D eigenvalue weighted by atomic mass is 32.2. The Morgan fingerprint density at radius 2 is 2.05 bits per heavy atom. The van der Waals surface area contributed by atoms with Crippen LogP contribution >= 0.6 is 11.8 Å². The Morgan fingerprint density at radius 3 is 2.71 bits per heavy atom. The maximum absolute atomic E-state index is 13.5. The van der Waals surface area contributed by atoms with Crippen LogP contribution in [0.2, 0.25) is 0 Å². The van der Waals surface area contributed by atoms with Gasteiger partial charge in [-0.15, -0.1) is 11.8 Å². The SMILES string of the molecule is O=C(O)CCC1CCN(CCSc2ccccc2F)CC1. The predicted molar refractivity (Wildman–Crippen MR) is 83.2 cm³/mol. The van der Waals surface area contributed by atoms with Crippen LogP contribution in [-0.4, -0.2) is 41.4 Å². The van der Waals surface area contributed by atoms with E-state index < -0.39 is 5.97 Å². The molecule has 1 aromatic rings. The number of thioether (sulfide) groups is 1. The van der Waals surface area contributed by atoms with Crippen molar-refractivity contribution in [3.05, 3.63) is 30.1 Å². The van der Waals surface area contributed by atoms with Crippen LogP contribution in [0.4, 0.5) is 4.39 Å². The molecule has 0 amide bonds. The summed E-state index contributed by atoms with van der Waals surface area (Å²) in [6.45, 7) is 3.02. The fourth-order valence-electron chi connectivity index (χ4n) is 2.67. The highest BCUT2D eigenvalue weighted by molar-refractivity contribution is 7.99. The lowest BCUT2D eigenvalue weighted by molar-refractivity contribution is -0.137. The molecule has 1 aliphatic rings. The minimum Gasteiger partial charge on any atom is -0.481 e. The zero-order chi connectivity index (χ0) is 15.1. The van der Waals surface area contributed by atoms with Gasteiger partial charge in [0.1, 0.15) is 5.82 Å². The molecule has 1 N–H and O–H groups in total. The Kier molecular flexibility index (Phi) is 6.51. The number of carbonyl (C=O) groups is 1. The summed E-state index contributed by atoms with van der Waals surface area (Å²) >= 11 is 1.56. The fraction of sp³-hybridized carbons (Fsp3) is 0.562. The van der Waals surface area contributed by atoms with Gasteiger partial charge >= 0.3 is 5.97 Å². The van der Waals surface area contributed by atoms with Crippen LogP contribution in [0, 0.1) is 11.7 Å². The smallest absolute Gasteiger partial charge is 0.303 e. The topological polar surface area (TPSA) is 40.5 Å². The van der Waals surface area contributed by atoms with Crippen molar-refractivity contribution in [2.75, 3.05) is 25.4 Å². The molecule has 2 rings (SSSR count). The van der Waals surface area contributed by atoms with Crippen molar-refractivity contribution in [3.63, 3.8) is 0 Å². The molecule has 21 heavy (non-hydrogen) atoms. The summed E-state index contributed by atoms with van der Waals surface area (Å²) in [5, 5.41) is 8.70. The van der Waals surface area contributed by atoms with Gasteiger partial charge in [0.2, 0.25) is 0 Å². The lowest BCUT2D eigenvalue weighted by atomic mass is 9.92. The van der Waals surface area contributed by atoms with Crippen molar-refractivity contribution in [3.8, 4) is 0 Å². The molecular formula is C16H22FNO2S. The van der Waals surface area contributed by atoms with Gasteiger partial charge in [0, 0.05) is 23.6 Å². The van der Waals surface area contributed by atoms with Crippen molar-refractivity contribution in [2.45, 2.75) is 30.6 Å². The minimum atomic E-state index is -0.696. The Balaban J connectivity index is 1.63. The van der Waals surface area contributed by atoms with E-state index in [-0.39, 0.29) is 12.2 Å². The van der Waals surface area contributed by atoms with E-state index in [1.807, 2.05) is 12.1 Å². The molecule has 0 spiro atoms. The Hall–Kier alpha value is -1.07. The van der Waals surface area contributed by atoms with E-state index in [2.05, 4.69) is 4.90 Å². The largest absolute Gasteiger partial charge is 0.481 e. The highest BCUT2D eigenvalue weighted by Crippen LogP contribution is 2.24. The average Bonchev–Trinajstić information content (AvgIpc) is 2.48. The predicted octanol–water partition coefficient (Wildman–Crippen LogP) is 3.49. The second kappa shape index (κ2) is 8.39. The molecule has 0 aromatic heterocycles. The van der Waals surface area contributed by atoms with Crippen LogP contribution in [0.3, 0.4) is 0 Å². The third-order valence-electron chi connectivity index (χ3n) is 3.98. The van der Waals surface area contributed by atoms with E-state index in [0.29, 0.717) is 10.8 Å². The number of carboxylic acids is 1. The van der Waals surface area contributed by atoms with Gasteiger partial charge in [-0.1, -0.05) is 12.1 Å². The number of aliphatic carboxylic acids is 1. The molecule has 0 radical (unpaired) electrons. The summed E-state index contributed by atoms with van der Waals surface area (Å²) in [6, 6.07) is 6.88. The van der Waals surface area contributed by atoms with Crippen LogP contribution in [-0.2, 0) is 4.79 Å². The molecular weight excluding hydrogens is 289 g/mol. The molecule has 0 unspecified atom stereocenters. The van der Waals surface area contributed by atoms with Gasteiger partial charge in [-0.05, 0) is 50.4 Å². The van der Waals surface area contributed by atoms with Crippen LogP contribution in [0.15, 0.2) is 29.2 Å². The van der Waals surface area contributed by atoms with Gasteiger partial charge in [-0.2, -0.15) is 0 Å². The van der Waals surface area contributed by atoms with Crippen molar-refractivity contribution in [1.29, 1.82) is 0 Å². The van der Waals surface area contributed by atoms with Crippen molar-refractivity contribution < 1.29 is 14.3 Å². The third kappa shape index (κ3) is 5.67. The minimum absolute atomic E-state index is 0.144. The van der Waals surface area contributed by atoms with E-state index in [1.165, 1.54) is 6.07 Å². The average molecular weight is 311 g/mol. The summed E-state index contributed by atoms with van der Waals surface area (Å²) < 4.78 is 13.5. The first-order valence-electron chi connectivity index (χ1n) is 7.46. The molecule has 1 aliphatic heterocycles. The van der Waals surface area contributed by atoms with Gasteiger partial charge in [-0.3, -0.25) is 4.79 Å². The van der Waals surface area contributed by atoms with Gasteiger partial charge in [-0.25, -0.2) is 4.39 Å². The molecule has 116 valence electrons. The summed E-state index contributed by atoms with van der Waals surface area (Å²) in [4.78, 5) is 13.7. The lowest BCUT2D eigenvalue weighted by Gasteiger charge is -2.31. The Bertz CT molecular complexity index is 461. The first-order chi connectivity index (χ1) is 10.1. The molecule has 1 fully saturated rings. The second-order valence-corrected chi connectivity index (χ2v) is 6.63. The number of likely N-dealkylation sites (tertiary alicyclic amines) is 1. The molecule has 1 aromatic carbocycles. The number of carboxylic acid groups (broad SMARTS) is 1. The van der Waals surface area contributed by atoms with Crippen molar-refractivity contribution >= 4 is 17.7 Å². The van der Waals surface area contributed by atoms with Crippen LogP contribution in [0.25, 0.3) is 0 Å². The molecule has 0 saturated carbocycles. The van der Waals surface area contributed by atoms with E-state index in [4.69, 9.17) is 5.11 Å². The quantitative estimate of drug-likeness (QED) is 0.783. The number of nitrogens with zero attached hydrogens (tertiary/aromatic N) is 1. The lowest BCUT2D eigenvalue weighted by Crippen LogP contribution is -2.35. The molecule has 0 bridgehead atoms. The summed E-state index contributed by atoms with van der Waals surface area (Å²) in [5.41, 5.74) is 0. The number of hydrogen-bond acceptors (Lipinski definition) is 3. The molecule has 5 heteroatoms. The number of benzene rings is 1. The zero-order valence-electron chi connectivity index (χ0n) is 12.1. The van der Waals surface area contributed by atoms with E-state index in [9.17, 15) is 9.18 Å². The van der Waals surface area contributed by atoms with Gasteiger partial charge < -0.3 is 10.0 Å². The third-order valence-corrected chi connectivity index (χ3v) is 5.00. The van der Waals surface area contributed by atoms with Crippen LogP contribution < -0.4 is 0 Å². The van der Waals surface area contributed by atoms with Crippen molar-refractivity contribution in [1.82, 2.24) is 4.90 Å². The molecule has 1 saturated heterocycles. The number of piperidine rings is 1. The fourth-order valence-corrected chi connectivity index (χ4v) is 3.62. The highest BCUT2D eigenvalue weighted by Gasteiger charge is 2.19. The van der Waals surface area contributed by atoms with E-state index >= 15 is 0 Å². The Morgan fingerprint density at radius 1 is 1.33 bits per heavy atom. The number of halogens is 1. The van der Waals surface area contributed by atoms with E-state index in [1.54, 1.807) is 17.8 Å². The standard InChI is InChI=1S/C16H22FNO2S/c17-14-3-1-2-4-15(14)21-12-11-18-9-7-13(8-10-18)5-6-16(19)20/h1-4,13H,5-12H2,(H,19,20). The summed E-state index contributed by atoms with van der Waals surface area (Å²) in [7, 11) is 0. The van der Waals surface area contributed by atoms with Crippen LogP contribution in [0.1, 0.15) is 25.7 Å². The van der Waals surface area contributed by atoms with Gasteiger partial charge in [0.25, 0.3) is 0 Å². The Labute approximate surface area is 129 Å².